The average Bonchev–Trinajstić information content (AvgIpc) is 2.93. The van der Waals surface area contributed by atoms with Crippen LogP contribution in [-0.4, -0.2) is 26.0 Å². The summed E-state index contributed by atoms with van der Waals surface area (Å²) < 4.78 is 6.49. The number of nitriles is 1. The number of allylic oxidation sites excluding steroid dienone is 1. The summed E-state index contributed by atoms with van der Waals surface area (Å²) in [7, 11) is -1.92. The summed E-state index contributed by atoms with van der Waals surface area (Å²) in [6, 6.07) is 2.54. The molecule has 0 heterocycles. The number of hydrogen-bond acceptors (Lipinski definition) is 4. The summed E-state index contributed by atoms with van der Waals surface area (Å²) in [6.07, 6.45) is 8.10. The molecule has 0 amide bonds. The van der Waals surface area contributed by atoms with Crippen LogP contribution >= 0.6 is 0 Å². The van der Waals surface area contributed by atoms with Crippen molar-refractivity contribution >= 4 is 19.9 Å². The molecule has 0 aromatic rings. The molecule has 6 atom stereocenters. The van der Waals surface area contributed by atoms with Crippen molar-refractivity contribution in [2.75, 3.05) is 0 Å². The van der Waals surface area contributed by atoms with Gasteiger partial charge in [-0.2, -0.15) is 5.26 Å². The van der Waals surface area contributed by atoms with E-state index in [0.29, 0.717) is 48.6 Å². The summed E-state index contributed by atoms with van der Waals surface area (Å²) in [5, 5.41) is 10.2. The molecular formula is C23H33NO3Si. The molecule has 28 heavy (non-hydrogen) atoms. The molecule has 0 aromatic heterocycles. The van der Waals surface area contributed by atoms with Crippen LogP contribution in [0, 0.1) is 39.9 Å². The van der Waals surface area contributed by atoms with Crippen molar-refractivity contribution in [3.63, 3.8) is 0 Å². The van der Waals surface area contributed by atoms with E-state index in [1.165, 1.54) is 5.57 Å². The van der Waals surface area contributed by atoms with Gasteiger partial charge in [0, 0.05) is 30.1 Å². The Morgan fingerprint density at radius 3 is 2.61 bits per heavy atom. The molecule has 0 aromatic carbocycles. The van der Waals surface area contributed by atoms with Gasteiger partial charge in [-0.1, -0.05) is 18.6 Å². The molecule has 4 aliphatic rings. The Hall–Kier alpha value is -1.25. The van der Waals surface area contributed by atoms with Gasteiger partial charge in [0.15, 0.2) is 8.32 Å². The Balaban J connectivity index is 1.78. The van der Waals surface area contributed by atoms with E-state index in [1.54, 1.807) is 0 Å². The van der Waals surface area contributed by atoms with Gasteiger partial charge in [0.25, 0.3) is 0 Å². The highest BCUT2D eigenvalue weighted by Crippen LogP contribution is 2.65. The minimum absolute atomic E-state index is 0.181. The van der Waals surface area contributed by atoms with E-state index in [1.807, 2.05) is 0 Å². The van der Waals surface area contributed by atoms with Gasteiger partial charge >= 0.3 is 0 Å². The van der Waals surface area contributed by atoms with Crippen LogP contribution in [0.4, 0.5) is 0 Å². The van der Waals surface area contributed by atoms with Crippen molar-refractivity contribution in [3.8, 4) is 6.07 Å². The summed E-state index contributed by atoms with van der Waals surface area (Å²) in [4.78, 5) is 24.9. The maximum Gasteiger partial charge on any atom is 0.185 e. The Bertz CT molecular complexity index is 776. The number of carbonyl (C=O) groups is 2. The molecule has 2 unspecified atom stereocenters. The largest absolute Gasteiger partial charge is 0.401 e. The van der Waals surface area contributed by atoms with E-state index in [4.69, 9.17) is 4.43 Å². The molecular weight excluding hydrogens is 366 g/mol. The highest BCUT2D eigenvalue weighted by atomic mass is 28.4. The minimum Gasteiger partial charge on any atom is -0.401 e. The van der Waals surface area contributed by atoms with E-state index in [2.05, 4.69) is 38.7 Å². The molecule has 152 valence electrons. The fourth-order valence-corrected chi connectivity index (χ4v) is 8.03. The second kappa shape index (κ2) is 6.64. The van der Waals surface area contributed by atoms with Gasteiger partial charge in [0.2, 0.25) is 0 Å². The molecule has 0 aliphatic heterocycles. The van der Waals surface area contributed by atoms with Gasteiger partial charge < -0.3 is 4.43 Å². The molecule has 3 fully saturated rings. The predicted octanol–water partition coefficient (Wildman–Crippen LogP) is 4.81. The zero-order chi connectivity index (χ0) is 20.3. The molecule has 0 saturated heterocycles. The van der Waals surface area contributed by atoms with Crippen molar-refractivity contribution in [2.45, 2.75) is 84.0 Å². The smallest absolute Gasteiger partial charge is 0.185 e. The highest BCUT2D eigenvalue weighted by Gasteiger charge is 2.62. The van der Waals surface area contributed by atoms with Crippen LogP contribution in [0.2, 0.25) is 19.6 Å². The molecule has 0 spiro atoms. The first-order chi connectivity index (χ1) is 13.1. The zero-order valence-corrected chi connectivity index (χ0v) is 18.7. The number of rotatable bonds is 3. The van der Waals surface area contributed by atoms with Crippen LogP contribution < -0.4 is 0 Å². The third-order valence-electron chi connectivity index (χ3n) is 8.30. The lowest BCUT2D eigenvalue weighted by Crippen LogP contribution is -2.57. The van der Waals surface area contributed by atoms with Gasteiger partial charge in [-0.25, -0.2) is 0 Å². The monoisotopic (exact) mass is 399 g/mol. The second-order valence-corrected chi connectivity index (χ2v) is 15.2. The third-order valence-corrected chi connectivity index (χ3v) is 9.25. The standard InChI is InChI=1S/C23H33NO3Si/c1-22-11-10-19-17(18(22)7-8-20(22)26)6-5-15-13-16(25)9-12-23(15,19)21(14-24)27-28(2,3)4/h5,17-19,21H,6-13H2,1-4H3/t17-,18-,19-,21?,22-,23?/m0/s1. The molecule has 0 radical (unpaired) electrons. The lowest BCUT2D eigenvalue weighted by molar-refractivity contribution is -0.134. The number of carbonyl (C=O) groups excluding carboxylic acids is 2. The van der Waals surface area contributed by atoms with Gasteiger partial charge in [-0.3, -0.25) is 9.59 Å². The first-order valence-electron chi connectivity index (χ1n) is 10.9. The lowest BCUT2D eigenvalue weighted by Gasteiger charge is -2.58. The summed E-state index contributed by atoms with van der Waals surface area (Å²) in [5.74, 6) is 1.93. The zero-order valence-electron chi connectivity index (χ0n) is 17.7. The van der Waals surface area contributed by atoms with Crippen LogP contribution in [0.15, 0.2) is 11.6 Å². The predicted molar refractivity (Wildman–Crippen MR) is 110 cm³/mol. The van der Waals surface area contributed by atoms with Crippen molar-refractivity contribution in [1.29, 1.82) is 5.26 Å². The third kappa shape index (κ3) is 2.87. The van der Waals surface area contributed by atoms with Gasteiger partial charge in [0.1, 0.15) is 17.7 Å². The molecule has 5 heteroatoms. The minimum atomic E-state index is -1.92. The van der Waals surface area contributed by atoms with Crippen LogP contribution in [-0.2, 0) is 14.0 Å². The van der Waals surface area contributed by atoms with E-state index in [-0.39, 0.29) is 10.8 Å². The molecule has 0 bridgehead atoms. The Morgan fingerprint density at radius 1 is 1.18 bits per heavy atom. The van der Waals surface area contributed by atoms with E-state index >= 15 is 0 Å². The summed E-state index contributed by atoms with van der Waals surface area (Å²) in [5.41, 5.74) is 0.654. The van der Waals surface area contributed by atoms with Crippen molar-refractivity contribution in [2.24, 2.45) is 28.6 Å². The number of ketones is 2. The van der Waals surface area contributed by atoms with Crippen LogP contribution in [0.5, 0.6) is 0 Å². The molecule has 4 nitrogen and oxygen atoms in total. The molecule has 3 saturated carbocycles. The van der Waals surface area contributed by atoms with Crippen LogP contribution in [0.3, 0.4) is 0 Å². The molecule has 4 rings (SSSR count). The first-order valence-corrected chi connectivity index (χ1v) is 14.3. The Kier molecular flexibility index (Phi) is 4.75. The quantitative estimate of drug-likeness (QED) is 0.504. The fourth-order valence-electron chi connectivity index (χ4n) is 7.06. The summed E-state index contributed by atoms with van der Waals surface area (Å²) in [6.45, 7) is 8.59. The summed E-state index contributed by atoms with van der Waals surface area (Å²) >= 11 is 0. The van der Waals surface area contributed by atoms with Gasteiger partial charge in [-0.15, -0.1) is 0 Å². The number of fused-ring (bicyclic) bond motifs is 5. The Labute approximate surface area is 169 Å². The number of nitrogens with zero attached hydrogens (tertiary/aromatic N) is 1. The molecule has 0 N–H and O–H groups in total. The van der Waals surface area contributed by atoms with E-state index < -0.39 is 14.4 Å². The van der Waals surface area contributed by atoms with Gasteiger partial charge in [0.05, 0.1) is 6.07 Å². The molecule has 4 aliphatic carbocycles. The normalized spacial score (nSPS) is 41.4. The Morgan fingerprint density at radius 2 is 1.93 bits per heavy atom. The first kappa shape index (κ1) is 20.0. The lowest BCUT2D eigenvalue weighted by atomic mass is 9.46. The number of hydrogen-bond donors (Lipinski definition) is 0. The van der Waals surface area contributed by atoms with Crippen LogP contribution in [0.25, 0.3) is 0 Å². The highest BCUT2D eigenvalue weighted by molar-refractivity contribution is 6.69. The van der Waals surface area contributed by atoms with Crippen LogP contribution in [0.1, 0.15) is 58.3 Å². The van der Waals surface area contributed by atoms with E-state index in [0.717, 1.165) is 32.1 Å². The van der Waals surface area contributed by atoms with Crippen molar-refractivity contribution in [1.82, 2.24) is 0 Å². The van der Waals surface area contributed by atoms with Gasteiger partial charge in [-0.05, 0) is 69.5 Å². The van der Waals surface area contributed by atoms with Crippen molar-refractivity contribution in [3.05, 3.63) is 11.6 Å². The average molecular weight is 400 g/mol. The van der Waals surface area contributed by atoms with E-state index in [9.17, 15) is 14.9 Å². The number of Topliss-reactive ketones (excluding diaryl/α,β-unsaturated/α-hetero) is 2. The topological polar surface area (TPSA) is 67.2 Å². The second-order valence-electron chi connectivity index (χ2n) is 10.8. The fraction of sp³-hybridized carbons (Fsp3) is 0.783. The SMILES string of the molecule is C[C@]12CC[C@H]3[C@@H](CC=C4CC(=O)CCC43C(C#N)O[Si](C)(C)C)[C@@H]1CCC2=O. The maximum atomic E-state index is 12.7. The maximum absolute atomic E-state index is 12.7. The van der Waals surface area contributed by atoms with Crippen molar-refractivity contribution < 1.29 is 14.0 Å².